The second-order valence-electron chi connectivity index (χ2n) is 4.90. The Morgan fingerprint density at radius 1 is 1.23 bits per heavy atom. The van der Waals surface area contributed by atoms with Crippen LogP contribution in [0.25, 0.3) is 10.9 Å². The summed E-state index contributed by atoms with van der Waals surface area (Å²) in [5.74, 6) is -0.495. The second-order valence-corrected chi connectivity index (χ2v) is 4.90. The summed E-state index contributed by atoms with van der Waals surface area (Å²) < 4.78 is 0. The average molecular weight is 297 g/mol. The summed E-state index contributed by atoms with van der Waals surface area (Å²) in [6.45, 7) is 3.62. The van der Waals surface area contributed by atoms with Crippen LogP contribution in [0, 0.1) is 0 Å². The van der Waals surface area contributed by atoms with Crippen molar-refractivity contribution < 1.29 is 9.59 Å². The first kappa shape index (κ1) is 15.7. The van der Waals surface area contributed by atoms with E-state index in [-0.39, 0.29) is 18.4 Å². The number of fused-ring (bicyclic) bond motifs is 1. The highest BCUT2D eigenvalue weighted by Gasteiger charge is 2.09. The Bertz CT molecular complexity index is 717. The number of rotatable bonds is 5. The van der Waals surface area contributed by atoms with Crippen molar-refractivity contribution in [3.63, 3.8) is 0 Å². The molecule has 1 aromatic carbocycles. The lowest BCUT2D eigenvalue weighted by molar-refractivity contribution is -0.121. The number of carbonyl (C=O) groups is 2. The number of nitrogens with one attached hydrogen (secondary N) is 2. The third-order valence-electron chi connectivity index (χ3n) is 3.20. The number of hydrogen-bond donors (Lipinski definition) is 2. The summed E-state index contributed by atoms with van der Waals surface area (Å²) in [5, 5.41) is 6.27. The zero-order chi connectivity index (χ0) is 15.9. The van der Waals surface area contributed by atoms with E-state index in [1.165, 1.54) is 0 Å². The molecule has 2 N–H and O–H groups in total. The Kier molecular flexibility index (Phi) is 5.25. The van der Waals surface area contributed by atoms with Crippen LogP contribution >= 0.6 is 0 Å². The normalized spacial score (nSPS) is 11.3. The molecule has 22 heavy (non-hydrogen) atoms. The molecule has 0 aliphatic carbocycles. The summed E-state index contributed by atoms with van der Waals surface area (Å²) >= 11 is 0. The Morgan fingerprint density at radius 3 is 2.82 bits per heavy atom. The van der Waals surface area contributed by atoms with E-state index < -0.39 is 0 Å². The highest BCUT2D eigenvalue weighted by atomic mass is 16.2. The van der Waals surface area contributed by atoms with Crippen molar-refractivity contribution in [3.05, 3.63) is 48.2 Å². The number of aromatic nitrogens is 1. The van der Waals surface area contributed by atoms with Gasteiger partial charge in [0.1, 0.15) is 0 Å². The molecular weight excluding hydrogens is 278 g/mol. The van der Waals surface area contributed by atoms with E-state index in [9.17, 15) is 9.59 Å². The Labute approximate surface area is 129 Å². The summed E-state index contributed by atoms with van der Waals surface area (Å²) in [6.07, 6.45) is 4.31. The van der Waals surface area contributed by atoms with Crippen LogP contribution in [-0.4, -0.2) is 23.3 Å². The maximum Gasteiger partial charge on any atom is 0.247 e. The fourth-order valence-electron chi connectivity index (χ4n) is 2.11. The maximum atomic E-state index is 12.0. The largest absolute Gasteiger partial charge is 0.343 e. The summed E-state index contributed by atoms with van der Waals surface area (Å²) in [6, 6.07) is 9.23. The molecule has 0 radical (unpaired) electrons. The van der Waals surface area contributed by atoms with E-state index in [4.69, 9.17) is 0 Å². The van der Waals surface area contributed by atoms with Gasteiger partial charge >= 0.3 is 0 Å². The van der Waals surface area contributed by atoms with Crippen LogP contribution in [0.5, 0.6) is 0 Å². The van der Waals surface area contributed by atoms with Gasteiger partial charge in [-0.05, 0) is 37.6 Å². The monoisotopic (exact) mass is 297 g/mol. The molecule has 0 saturated heterocycles. The van der Waals surface area contributed by atoms with E-state index in [1.807, 2.05) is 43.3 Å². The molecule has 0 saturated carbocycles. The number of pyridine rings is 1. The molecule has 0 aliphatic rings. The number of benzene rings is 1. The predicted octanol–water partition coefficient (Wildman–Crippen LogP) is 2.65. The molecule has 114 valence electrons. The van der Waals surface area contributed by atoms with Gasteiger partial charge in [-0.15, -0.1) is 0 Å². The molecule has 0 atom stereocenters. The highest BCUT2D eigenvalue weighted by Crippen LogP contribution is 2.20. The molecule has 0 bridgehead atoms. The van der Waals surface area contributed by atoms with Crippen molar-refractivity contribution in [1.82, 2.24) is 10.3 Å². The third kappa shape index (κ3) is 3.91. The predicted molar refractivity (Wildman–Crippen MR) is 87.4 cm³/mol. The lowest BCUT2D eigenvalue weighted by Crippen LogP contribution is -2.33. The zero-order valence-electron chi connectivity index (χ0n) is 12.7. The number of allylic oxidation sites excluding steroid dienone is 1. The number of anilines is 1. The minimum absolute atomic E-state index is 0.0651. The standard InChI is InChI=1S/C17H19N3O2/c1-3-6-12(2)17(22)19-11-16(21)20-15-9-4-8-14-13(15)7-5-10-18-14/h4-10H,3,11H2,1-2H3,(H,19,22)(H,20,21). The molecule has 0 unspecified atom stereocenters. The summed E-state index contributed by atoms with van der Waals surface area (Å²) in [7, 11) is 0. The molecule has 1 aromatic heterocycles. The topological polar surface area (TPSA) is 71.1 Å². The van der Waals surface area contributed by atoms with Crippen molar-refractivity contribution in [1.29, 1.82) is 0 Å². The molecule has 5 nitrogen and oxygen atoms in total. The van der Waals surface area contributed by atoms with Gasteiger partial charge in [-0.3, -0.25) is 14.6 Å². The molecule has 2 aromatic rings. The third-order valence-corrected chi connectivity index (χ3v) is 3.20. The van der Waals surface area contributed by atoms with Crippen molar-refractivity contribution in [2.45, 2.75) is 20.3 Å². The van der Waals surface area contributed by atoms with Gasteiger partial charge in [-0.25, -0.2) is 0 Å². The van der Waals surface area contributed by atoms with E-state index in [0.29, 0.717) is 11.3 Å². The Hall–Kier alpha value is -2.69. The van der Waals surface area contributed by atoms with Gasteiger partial charge in [0.25, 0.3) is 0 Å². The Morgan fingerprint density at radius 2 is 2.05 bits per heavy atom. The first-order valence-corrected chi connectivity index (χ1v) is 7.20. The Balaban J connectivity index is 2.00. The summed E-state index contributed by atoms with van der Waals surface area (Å²) in [4.78, 5) is 27.9. The number of amides is 2. The van der Waals surface area contributed by atoms with E-state index in [0.717, 1.165) is 17.3 Å². The van der Waals surface area contributed by atoms with Crippen molar-refractivity contribution >= 4 is 28.4 Å². The van der Waals surface area contributed by atoms with E-state index in [1.54, 1.807) is 13.1 Å². The number of hydrogen-bond acceptors (Lipinski definition) is 3. The minimum Gasteiger partial charge on any atom is -0.343 e. The summed E-state index contributed by atoms with van der Waals surface area (Å²) in [5.41, 5.74) is 2.11. The first-order chi connectivity index (χ1) is 10.6. The SMILES string of the molecule is CCC=C(C)C(=O)NCC(=O)Nc1cccc2ncccc12. The number of carbonyl (C=O) groups excluding carboxylic acids is 2. The van der Waals surface area contributed by atoms with Crippen molar-refractivity contribution in [2.24, 2.45) is 0 Å². The van der Waals surface area contributed by atoms with Crippen LogP contribution in [0.3, 0.4) is 0 Å². The molecule has 0 spiro atoms. The van der Waals surface area contributed by atoms with Crippen LogP contribution in [0.15, 0.2) is 48.2 Å². The van der Waals surface area contributed by atoms with Gasteiger partial charge in [-0.1, -0.05) is 19.1 Å². The van der Waals surface area contributed by atoms with Gasteiger partial charge in [-0.2, -0.15) is 0 Å². The van der Waals surface area contributed by atoms with Crippen LogP contribution in [0.2, 0.25) is 0 Å². The minimum atomic E-state index is -0.269. The second kappa shape index (κ2) is 7.36. The molecular formula is C17H19N3O2. The van der Waals surface area contributed by atoms with Crippen LogP contribution in [0.4, 0.5) is 5.69 Å². The fraction of sp³-hybridized carbons (Fsp3) is 0.235. The molecule has 2 amide bonds. The van der Waals surface area contributed by atoms with Crippen LogP contribution in [-0.2, 0) is 9.59 Å². The smallest absolute Gasteiger partial charge is 0.247 e. The van der Waals surface area contributed by atoms with Gasteiger partial charge in [0.05, 0.1) is 17.7 Å². The highest BCUT2D eigenvalue weighted by molar-refractivity contribution is 6.03. The quantitative estimate of drug-likeness (QED) is 0.833. The van der Waals surface area contributed by atoms with Gasteiger partial charge in [0.15, 0.2) is 0 Å². The van der Waals surface area contributed by atoms with Crippen molar-refractivity contribution in [2.75, 3.05) is 11.9 Å². The first-order valence-electron chi connectivity index (χ1n) is 7.20. The molecule has 2 rings (SSSR count). The van der Waals surface area contributed by atoms with Crippen molar-refractivity contribution in [3.8, 4) is 0 Å². The molecule has 5 heteroatoms. The van der Waals surface area contributed by atoms with Crippen LogP contribution in [0.1, 0.15) is 20.3 Å². The molecule has 1 heterocycles. The fourth-order valence-corrected chi connectivity index (χ4v) is 2.11. The lowest BCUT2D eigenvalue weighted by atomic mass is 10.2. The zero-order valence-corrected chi connectivity index (χ0v) is 12.7. The molecule has 0 fully saturated rings. The number of nitrogens with zero attached hydrogens (tertiary/aromatic N) is 1. The van der Waals surface area contributed by atoms with Gasteiger partial charge in [0.2, 0.25) is 11.8 Å². The van der Waals surface area contributed by atoms with Gasteiger partial charge in [0, 0.05) is 17.2 Å². The van der Waals surface area contributed by atoms with E-state index in [2.05, 4.69) is 15.6 Å². The molecule has 0 aliphatic heterocycles. The maximum absolute atomic E-state index is 12.0. The van der Waals surface area contributed by atoms with E-state index >= 15 is 0 Å². The van der Waals surface area contributed by atoms with Gasteiger partial charge < -0.3 is 10.6 Å². The average Bonchev–Trinajstić information content (AvgIpc) is 2.53. The van der Waals surface area contributed by atoms with Crippen LogP contribution < -0.4 is 10.6 Å². The lowest BCUT2D eigenvalue weighted by Gasteiger charge is -2.09.